The van der Waals surface area contributed by atoms with Gasteiger partial charge in [0.05, 0.1) is 11.6 Å². The Kier molecular flexibility index (Phi) is 8.28. The van der Waals surface area contributed by atoms with Crippen molar-refractivity contribution in [3.63, 3.8) is 0 Å². The van der Waals surface area contributed by atoms with E-state index in [9.17, 15) is 34.8 Å². The molecule has 1 aromatic carbocycles. The number of anilines is 1. The number of benzene rings is 1. The highest BCUT2D eigenvalue weighted by atomic mass is 16.3. The van der Waals surface area contributed by atoms with Gasteiger partial charge in [-0.15, -0.1) is 0 Å². The molecule has 3 aliphatic carbocycles. The Morgan fingerprint density at radius 3 is 2.32 bits per heavy atom. The fourth-order valence-electron chi connectivity index (χ4n) is 7.02. The first-order valence-corrected chi connectivity index (χ1v) is 14.1. The number of aromatic hydroxyl groups is 1. The number of carbonyl (C=O) groups excluding carboxylic acids is 3. The maximum Gasteiger partial charge on any atom is 0.255 e. The van der Waals surface area contributed by atoms with Gasteiger partial charge < -0.3 is 31.1 Å². The van der Waals surface area contributed by atoms with E-state index >= 15 is 0 Å². The van der Waals surface area contributed by atoms with E-state index < -0.39 is 58.0 Å². The third-order valence-corrected chi connectivity index (χ3v) is 8.89. The van der Waals surface area contributed by atoms with Gasteiger partial charge in [-0.3, -0.25) is 24.2 Å². The molecule has 0 fully saturated rings. The minimum atomic E-state index is -2.65. The fourth-order valence-corrected chi connectivity index (χ4v) is 7.02. The predicted octanol–water partition coefficient (Wildman–Crippen LogP) is 1.81. The number of unbranched alkanes of at least 4 members (excludes halogenated alkanes) is 1. The molecule has 11 nitrogen and oxygen atoms in total. The summed E-state index contributed by atoms with van der Waals surface area (Å²) < 4.78 is 0. The largest absolute Gasteiger partial charge is 0.510 e. The first kappa shape index (κ1) is 30.5. The van der Waals surface area contributed by atoms with Crippen LogP contribution in [0.1, 0.15) is 54.6 Å². The topological polar surface area (TPSA) is 168 Å². The molecule has 4 rings (SSSR count). The predicted molar refractivity (Wildman–Crippen MR) is 154 cm³/mol. The minimum Gasteiger partial charge on any atom is -0.510 e. The summed E-state index contributed by atoms with van der Waals surface area (Å²) in [5, 5.41) is 45.4. The fraction of sp³-hybridized carbons (Fsp3) is 0.567. The molecule has 0 spiro atoms. The summed E-state index contributed by atoms with van der Waals surface area (Å²) in [4.78, 5) is 45.4. The molecule has 0 aromatic heterocycles. The summed E-state index contributed by atoms with van der Waals surface area (Å²) in [7, 11) is 6.97. The number of hydrogen-bond acceptors (Lipinski definition) is 10. The van der Waals surface area contributed by atoms with Gasteiger partial charge in [0.15, 0.2) is 11.4 Å². The second kappa shape index (κ2) is 11.1. The van der Waals surface area contributed by atoms with Crippen LogP contribution in [0.4, 0.5) is 5.69 Å². The number of primary amides is 1. The molecule has 1 aromatic rings. The molecule has 41 heavy (non-hydrogen) atoms. The number of fused-ring (bicyclic) bond motifs is 3. The van der Waals surface area contributed by atoms with E-state index in [0.29, 0.717) is 12.1 Å². The number of phenolic OH excluding ortho intramolecular Hbond substituents is 1. The number of Topliss-reactive ketones (excluding diaryl/α,β-unsaturated/α-hetero) is 2. The molecule has 0 heterocycles. The van der Waals surface area contributed by atoms with Gasteiger partial charge in [-0.05, 0) is 69.6 Å². The number of aliphatic hydroxyl groups is 3. The highest BCUT2D eigenvalue weighted by Crippen LogP contribution is 2.53. The lowest BCUT2D eigenvalue weighted by Gasteiger charge is -2.50. The molecule has 4 atom stereocenters. The monoisotopic (exact) mass is 570 g/mol. The summed E-state index contributed by atoms with van der Waals surface area (Å²) >= 11 is 0. The number of likely N-dealkylation sites (N-methyl/N-ethyl adjacent to an activating group) is 1. The Morgan fingerprint density at radius 2 is 1.78 bits per heavy atom. The summed E-state index contributed by atoms with van der Waals surface area (Å²) in [6.07, 6.45) is 2.40. The Bertz CT molecular complexity index is 1350. The van der Waals surface area contributed by atoms with Crippen LogP contribution >= 0.6 is 0 Å². The number of nitrogens with two attached hydrogens (primary N) is 1. The smallest absolute Gasteiger partial charge is 0.255 e. The molecule has 1 amide bonds. The Morgan fingerprint density at radius 1 is 1.12 bits per heavy atom. The lowest BCUT2D eigenvalue weighted by atomic mass is 9.58. The van der Waals surface area contributed by atoms with Gasteiger partial charge >= 0.3 is 0 Å². The molecule has 11 heteroatoms. The van der Waals surface area contributed by atoms with E-state index in [-0.39, 0.29) is 29.7 Å². The molecule has 0 saturated heterocycles. The lowest BCUT2D eigenvalue weighted by molar-refractivity contribution is -0.148. The number of carbonyl (C=O) groups is 3. The summed E-state index contributed by atoms with van der Waals surface area (Å²) in [5.41, 5.74) is 4.11. The van der Waals surface area contributed by atoms with Crippen LogP contribution in [0, 0.1) is 11.8 Å². The van der Waals surface area contributed by atoms with Crippen molar-refractivity contribution in [2.45, 2.75) is 57.7 Å². The Balaban J connectivity index is 1.90. The van der Waals surface area contributed by atoms with Crippen molar-refractivity contribution in [3.8, 4) is 5.75 Å². The van der Waals surface area contributed by atoms with E-state index in [0.717, 1.165) is 37.2 Å². The maximum absolute atomic E-state index is 14.0. The lowest BCUT2D eigenvalue weighted by Crippen LogP contribution is -2.63. The molecular formula is C30H42N4O7. The van der Waals surface area contributed by atoms with Crippen molar-refractivity contribution in [2.75, 3.05) is 46.2 Å². The number of hydrogen-bond donors (Lipinski definition) is 5. The van der Waals surface area contributed by atoms with Crippen LogP contribution in [0.3, 0.4) is 0 Å². The number of ketones is 2. The molecule has 0 saturated carbocycles. The zero-order valence-electron chi connectivity index (χ0n) is 24.7. The molecule has 0 radical (unpaired) electrons. The third-order valence-electron chi connectivity index (χ3n) is 8.89. The average Bonchev–Trinajstić information content (AvgIpc) is 2.87. The van der Waals surface area contributed by atoms with E-state index in [1.165, 1.54) is 0 Å². The summed E-state index contributed by atoms with van der Waals surface area (Å²) in [5.74, 6) is -6.51. The first-order valence-electron chi connectivity index (χ1n) is 14.1. The molecule has 0 unspecified atom stereocenters. The second-order valence-corrected chi connectivity index (χ2v) is 11.8. The second-order valence-electron chi connectivity index (χ2n) is 11.8. The average molecular weight is 571 g/mol. The van der Waals surface area contributed by atoms with E-state index in [2.05, 4.69) is 18.7 Å². The Labute approximate surface area is 240 Å². The van der Waals surface area contributed by atoms with Gasteiger partial charge in [0, 0.05) is 37.8 Å². The van der Waals surface area contributed by atoms with Gasteiger partial charge in [0.2, 0.25) is 5.78 Å². The standard InChI is InChI=1S/C30H42N4O7/c1-7-9-10-34(8-2)14-16-13-19(35)21-17(23(16)32(3)4)11-15-12-18-24(33(5)6)26(37)22(29(31)40)28(39)30(18,41)27(38)20(15)25(21)36/h13,15,18,24,35,37-38,41H,7-12,14H2,1-6H3,(H2,31,40)/t15-,18-,24-,30-/m0/s1. The van der Waals surface area contributed by atoms with Gasteiger partial charge in [-0.1, -0.05) is 20.3 Å². The normalized spacial score (nSPS) is 25.9. The first-order chi connectivity index (χ1) is 19.2. The van der Waals surface area contributed by atoms with Crippen LogP contribution < -0.4 is 10.6 Å². The van der Waals surface area contributed by atoms with Gasteiger partial charge in [0.25, 0.3) is 5.91 Å². The zero-order chi connectivity index (χ0) is 30.5. The summed E-state index contributed by atoms with van der Waals surface area (Å²) in [6.45, 7) is 6.50. The van der Waals surface area contributed by atoms with Crippen LogP contribution in [0.2, 0.25) is 0 Å². The number of phenols is 1. The van der Waals surface area contributed by atoms with Gasteiger partial charge in [-0.2, -0.15) is 0 Å². The molecule has 224 valence electrons. The van der Waals surface area contributed by atoms with Crippen LogP contribution in [0.25, 0.3) is 0 Å². The zero-order valence-corrected chi connectivity index (χ0v) is 24.7. The number of rotatable bonds is 9. The van der Waals surface area contributed by atoms with Crippen molar-refractivity contribution >= 4 is 23.2 Å². The van der Waals surface area contributed by atoms with Crippen LogP contribution in [0.5, 0.6) is 5.75 Å². The van der Waals surface area contributed by atoms with E-state index in [1.54, 1.807) is 25.1 Å². The number of amides is 1. The quantitative estimate of drug-likeness (QED) is 0.276. The van der Waals surface area contributed by atoms with Crippen LogP contribution in [-0.2, 0) is 22.6 Å². The van der Waals surface area contributed by atoms with Crippen LogP contribution in [-0.4, -0.2) is 101 Å². The SMILES string of the molecule is CCCCN(CC)Cc1cc(O)c2c(c1N(C)C)C[C@H]1C[C@H]3[C@H](N(C)C)C(O)=C(C(N)=O)C(=O)[C@@]3(O)C(O)=C1C2=O. The highest BCUT2D eigenvalue weighted by Gasteiger charge is 2.63. The number of aliphatic hydroxyl groups excluding tert-OH is 2. The number of allylic oxidation sites excluding steroid dienone is 1. The van der Waals surface area contributed by atoms with E-state index in [1.807, 2.05) is 19.0 Å². The van der Waals surface area contributed by atoms with Gasteiger partial charge in [0.1, 0.15) is 22.8 Å². The van der Waals surface area contributed by atoms with Crippen molar-refractivity contribution in [1.82, 2.24) is 9.80 Å². The van der Waals surface area contributed by atoms with Crippen LogP contribution in [0.15, 0.2) is 28.7 Å². The maximum atomic E-state index is 14.0. The molecular weight excluding hydrogens is 528 g/mol. The van der Waals surface area contributed by atoms with Crippen molar-refractivity contribution in [2.24, 2.45) is 17.6 Å². The van der Waals surface area contributed by atoms with Gasteiger partial charge in [-0.25, -0.2) is 0 Å². The van der Waals surface area contributed by atoms with E-state index in [4.69, 9.17) is 5.73 Å². The third kappa shape index (κ3) is 4.69. The molecule has 0 bridgehead atoms. The van der Waals surface area contributed by atoms with Crippen molar-refractivity contribution in [1.29, 1.82) is 0 Å². The molecule has 0 aliphatic heterocycles. The summed E-state index contributed by atoms with van der Waals surface area (Å²) in [6, 6.07) is 0.559. The highest BCUT2D eigenvalue weighted by molar-refractivity contribution is 6.24. The minimum absolute atomic E-state index is 0.0230. The van der Waals surface area contributed by atoms with Crippen molar-refractivity contribution < 1.29 is 34.8 Å². The Hall–Kier alpha value is -3.41. The van der Waals surface area contributed by atoms with Crippen molar-refractivity contribution in [3.05, 3.63) is 45.4 Å². The molecule has 6 N–H and O–H groups in total. The number of nitrogens with zero attached hydrogens (tertiary/aromatic N) is 3. The molecule has 3 aliphatic rings.